The average Bonchev–Trinajstić information content (AvgIpc) is 4.04. The van der Waals surface area contributed by atoms with Crippen LogP contribution in [0.5, 0.6) is 0 Å². The van der Waals surface area contributed by atoms with Gasteiger partial charge in [-0.3, -0.25) is 0 Å². The number of hydrogen-bond acceptors (Lipinski definition) is 6. The van der Waals surface area contributed by atoms with E-state index >= 15 is 0 Å². The summed E-state index contributed by atoms with van der Waals surface area (Å²) in [6.07, 6.45) is 0. The highest BCUT2D eigenvalue weighted by atomic mass is 16.3. The fourth-order valence-corrected chi connectivity index (χ4v) is 11.5. The molecule has 0 N–H and O–H groups in total. The Morgan fingerprint density at radius 3 is 0.976 bits per heavy atom. The molecule has 0 saturated carbocycles. The molecular weight excluding hydrogens is 1000 g/mol. The number of benzene rings is 12. The van der Waals surface area contributed by atoms with Gasteiger partial charge in [0.25, 0.3) is 0 Å². The first-order valence-electron chi connectivity index (χ1n) is 27.6. The Balaban J connectivity index is 0.857. The molecule has 82 heavy (non-hydrogen) atoms. The van der Waals surface area contributed by atoms with Crippen molar-refractivity contribution in [2.45, 2.75) is 0 Å². The molecule has 0 unspecified atom stereocenters. The SMILES string of the molecule is c1ccc(-c2nc(-c3ccccc3)nc(-c3ccc4oc5ccc(-n6c7ccc(-c8ccc(N(c9ccccc9)c9ccccc9)cc8)cc7c7cc(-c8ccc(N(c9ccccc9)c9ccccc9)cc8)ccc76)cc5c4c3)n2)cc1. The van der Waals surface area contributed by atoms with Gasteiger partial charge >= 0.3 is 0 Å². The van der Waals surface area contributed by atoms with Gasteiger partial charge < -0.3 is 18.8 Å². The lowest BCUT2D eigenvalue weighted by molar-refractivity contribution is 0.669. The van der Waals surface area contributed by atoms with Gasteiger partial charge in [-0.25, -0.2) is 15.0 Å². The van der Waals surface area contributed by atoms with Crippen LogP contribution in [0.25, 0.3) is 106 Å². The summed E-state index contributed by atoms with van der Waals surface area (Å²) in [5.74, 6) is 1.82. The summed E-state index contributed by atoms with van der Waals surface area (Å²) >= 11 is 0. The molecule has 0 amide bonds. The maximum Gasteiger partial charge on any atom is 0.164 e. The van der Waals surface area contributed by atoms with Crippen molar-refractivity contribution >= 4 is 77.9 Å². The van der Waals surface area contributed by atoms with Crippen LogP contribution in [0.15, 0.2) is 308 Å². The number of anilines is 6. The maximum absolute atomic E-state index is 6.58. The Labute approximate surface area is 474 Å². The van der Waals surface area contributed by atoms with E-state index in [0.717, 1.165) is 123 Å². The summed E-state index contributed by atoms with van der Waals surface area (Å²) in [4.78, 5) is 19.7. The van der Waals surface area contributed by atoms with E-state index < -0.39 is 0 Å². The highest BCUT2D eigenvalue weighted by molar-refractivity contribution is 6.13. The van der Waals surface area contributed by atoms with Gasteiger partial charge in [0.1, 0.15) is 11.2 Å². The van der Waals surface area contributed by atoms with Crippen LogP contribution in [0.2, 0.25) is 0 Å². The number of hydrogen-bond donors (Lipinski definition) is 0. The fraction of sp³-hybridized carbons (Fsp3) is 0. The van der Waals surface area contributed by atoms with Crippen molar-refractivity contribution in [1.82, 2.24) is 19.5 Å². The number of furan rings is 1. The molecule has 3 aromatic heterocycles. The van der Waals surface area contributed by atoms with Crippen LogP contribution in [0.1, 0.15) is 0 Å². The summed E-state index contributed by atoms with van der Waals surface area (Å²) in [5, 5.41) is 4.29. The van der Waals surface area contributed by atoms with Crippen LogP contribution < -0.4 is 9.80 Å². The Kier molecular flexibility index (Phi) is 12.0. The van der Waals surface area contributed by atoms with Crippen molar-refractivity contribution in [3.63, 3.8) is 0 Å². The molecule has 0 atom stereocenters. The average molecular weight is 1050 g/mol. The molecule has 3 heterocycles. The fourth-order valence-electron chi connectivity index (χ4n) is 11.5. The smallest absolute Gasteiger partial charge is 0.164 e. The second-order valence-corrected chi connectivity index (χ2v) is 20.4. The van der Waals surface area contributed by atoms with E-state index in [2.05, 4.69) is 245 Å². The third kappa shape index (κ3) is 8.89. The number of fused-ring (bicyclic) bond motifs is 6. The Bertz CT molecular complexity index is 4440. The van der Waals surface area contributed by atoms with E-state index in [1.807, 2.05) is 72.8 Å². The van der Waals surface area contributed by atoms with Gasteiger partial charge in [0.15, 0.2) is 17.5 Å². The molecule has 12 aromatic carbocycles. The van der Waals surface area contributed by atoms with Gasteiger partial charge in [0.2, 0.25) is 0 Å². The van der Waals surface area contributed by atoms with E-state index in [1.54, 1.807) is 0 Å². The zero-order valence-electron chi connectivity index (χ0n) is 44.5. The molecule has 7 heteroatoms. The van der Waals surface area contributed by atoms with E-state index in [0.29, 0.717) is 17.5 Å². The molecule has 15 rings (SSSR count). The minimum atomic E-state index is 0.591. The zero-order valence-corrected chi connectivity index (χ0v) is 44.5. The molecule has 0 aliphatic carbocycles. The molecule has 0 radical (unpaired) electrons. The lowest BCUT2D eigenvalue weighted by Gasteiger charge is -2.25. The van der Waals surface area contributed by atoms with Gasteiger partial charge in [-0.05, 0) is 156 Å². The molecular formula is C75H50N6O. The Morgan fingerprint density at radius 2 is 0.561 bits per heavy atom. The second-order valence-electron chi connectivity index (χ2n) is 20.4. The van der Waals surface area contributed by atoms with Crippen LogP contribution in [-0.4, -0.2) is 19.5 Å². The van der Waals surface area contributed by atoms with Crippen molar-refractivity contribution in [2.24, 2.45) is 0 Å². The van der Waals surface area contributed by atoms with Crippen LogP contribution in [0, 0.1) is 0 Å². The highest BCUT2D eigenvalue weighted by Gasteiger charge is 2.20. The van der Waals surface area contributed by atoms with Gasteiger partial charge in [-0.15, -0.1) is 0 Å². The van der Waals surface area contributed by atoms with Gasteiger partial charge in [-0.1, -0.05) is 170 Å². The van der Waals surface area contributed by atoms with Crippen LogP contribution in [0.4, 0.5) is 34.1 Å². The first-order valence-corrected chi connectivity index (χ1v) is 27.6. The predicted molar refractivity (Wildman–Crippen MR) is 338 cm³/mol. The first-order chi connectivity index (χ1) is 40.6. The summed E-state index contributed by atoms with van der Waals surface area (Å²) in [6, 6.07) is 107. The molecule has 0 fully saturated rings. The quantitative estimate of drug-likeness (QED) is 0.121. The van der Waals surface area contributed by atoms with Crippen molar-refractivity contribution < 1.29 is 4.42 Å². The van der Waals surface area contributed by atoms with E-state index in [9.17, 15) is 0 Å². The third-order valence-electron chi connectivity index (χ3n) is 15.4. The number of para-hydroxylation sites is 4. The zero-order chi connectivity index (χ0) is 54.3. The summed E-state index contributed by atoms with van der Waals surface area (Å²) in [6.45, 7) is 0. The van der Waals surface area contributed by atoms with Gasteiger partial charge in [0, 0.05) is 78.0 Å². The summed E-state index contributed by atoms with van der Waals surface area (Å²) in [5.41, 5.74) is 18.6. The minimum absolute atomic E-state index is 0.591. The second kappa shape index (κ2) is 20.6. The Morgan fingerprint density at radius 1 is 0.244 bits per heavy atom. The van der Waals surface area contributed by atoms with Gasteiger partial charge in [-0.2, -0.15) is 0 Å². The molecule has 0 spiro atoms. The Hall–Kier alpha value is -11.2. The summed E-state index contributed by atoms with van der Waals surface area (Å²) in [7, 11) is 0. The lowest BCUT2D eigenvalue weighted by Crippen LogP contribution is -2.09. The van der Waals surface area contributed by atoms with Crippen molar-refractivity contribution in [1.29, 1.82) is 0 Å². The standard InChI is InChI=1S/C75H50N6O/c1-7-19-53(20-8-1)73-76-74(54-21-9-2-10-22-54)78-75(77-73)57-37-45-71-67(49-57)68-50-64(42-46-72(68)82-71)81-69-43-35-55(51-31-38-62(39-32-51)79(58-23-11-3-12-24-58)59-25-13-4-14-26-59)47-65(69)66-48-56(36-44-70(66)81)52-33-40-63(41-34-52)80(60-27-15-5-16-28-60)61-29-17-6-18-30-61/h1-50H. The molecule has 0 saturated heterocycles. The topological polar surface area (TPSA) is 63.2 Å². The highest BCUT2D eigenvalue weighted by Crippen LogP contribution is 2.42. The monoisotopic (exact) mass is 1050 g/mol. The normalized spacial score (nSPS) is 11.4. The molecule has 0 aliphatic rings. The van der Waals surface area contributed by atoms with E-state index in [4.69, 9.17) is 19.4 Å². The van der Waals surface area contributed by atoms with Crippen LogP contribution >= 0.6 is 0 Å². The maximum atomic E-state index is 6.58. The van der Waals surface area contributed by atoms with Gasteiger partial charge in [0.05, 0.1) is 11.0 Å². The molecule has 0 aliphatic heterocycles. The van der Waals surface area contributed by atoms with Crippen molar-refractivity contribution in [3.05, 3.63) is 303 Å². The molecule has 7 nitrogen and oxygen atoms in total. The largest absolute Gasteiger partial charge is 0.456 e. The molecule has 15 aromatic rings. The van der Waals surface area contributed by atoms with E-state index in [1.165, 1.54) is 0 Å². The number of rotatable bonds is 12. The molecule has 386 valence electrons. The number of nitrogens with zero attached hydrogens (tertiary/aromatic N) is 6. The lowest BCUT2D eigenvalue weighted by atomic mass is 9.99. The minimum Gasteiger partial charge on any atom is -0.456 e. The van der Waals surface area contributed by atoms with Crippen molar-refractivity contribution in [2.75, 3.05) is 9.80 Å². The van der Waals surface area contributed by atoms with Crippen LogP contribution in [-0.2, 0) is 0 Å². The van der Waals surface area contributed by atoms with Crippen molar-refractivity contribution in [3.8, 4) is 62.1 Å². The number of aromatic nitrogens is 4. The summed E-state index contributed by atoms with van der Waals surface area (Å²) < 4.78 is 8.98. The van der Waals surface area contributed by atoms with E-state index in [-0.39, 0.29) is 0 Å². The third-order valence-corrected chi connectivity index (χ3v) is 15.4. The predicted octanol–water partition coefficient (Wildman–Crippen LogP) is 20.1. The molecule has 0 bridgehead atoms. The van der Waals surface area contributed by atoms with Crippen LogP contribution in [0.3, 0.4) is 0 Å². The first kappa shape index (κ1) is 48.0.